The Hall–Kier alpha value is -5.34. The molecule has 0 spiro atoms. The van der Waals surface area contributed by atoms with E-state index in [0.29, 0.717) is 0 Å². The number of hydrogen-bond acceptors (Lipinski definition) is 1. The van der Waals surface area contributed by atoms with E-state index in [4.69, 9.17) is 4.42 Å². The van der Waals surface area contributed by atoms with E-state index in [2.05, 4.69) is 132 Å². The van der Waals surface area contributed by atoms with Gasteiger partial charge in [-0.05, 0) is 51.2 Å². The number of furan rings is 1. The molecule has 0 bridgehead atoms. The molecule has 1 aliphatic carbocycles. The predicted octanol–water partition coefficient (Wildman–Crippen LogP) is 10.6. The average molecular weight is 508 g/mol. The summed E-state index contributed by atoms with van der Waals surface area (Å²) in [5.41, 5.74) is 10.7. The van der Waals surface area contributed by atoms with E-state index in [1.807, 2.05) is 0 Å². The monoisotopic (exact) mass is 507 g/mol. The molecule has 2 heterocycles. The molecule has 184 valence electrons. The van der Waals surface area contributed by atoms with Gasteiger partial charge in [0.1, 0.15) is 11.2 Å². The second-order valence-electron chi connectivity index (χ2n) is 10.8. The Morgan fingerprint density at radius 3 is 1.88 bits per heavy atom. The minimum absolute atomic E-state index is 0.926. The first-order valence-corrected chi connectivity index (χ1v) is 13.8. The predicted molar refractivity (Wildman–Crippen MR) is 168 cm³/mol. The molecule has 0 atom stereocenters. The lowest BCUT2D eigenvalue weighted by Crippen LogP contribution is -1.96. The third-order valence-corrected chi connectivity index (χ3v) is 8.91. The number of nitrogens with zero attached hydrogens (tertiary/aromatic N) is 1. The van der Waals surface area contributed by atoms with Gasteiger partial charge in [-0.15, -0.1) is 0 Å². The summed E-state index contributed by atoms with van der Waals surface area (Å²) in [4.78, 5) is 0. The maximum Gasteiger partial charge on any atom is 0.146 e. The zero-order valence-corrected chi connectivity index (χ0v) is 21.5. The Balaban J connectivity index is 1.46. The summed E-state index contributed by atoms with van der Waals surface area (Å²) < 4.78 is 9.17. The quantitative estimate of drug-likeness (QED) is 0.216. The maximum atomic E-state index is 6.70. The lowest BCUT2D eigenvalue weighted by Gasteiger charge is -2.14. The van der Waals surface area contributed by atoms with Crippen molar-refractivity contribution in [1.82, 2.24) is 4.57 Å². The molecule has 2 nitrogen and oxygen atoms in total. The van der Waals surface area contributed by atoms with Crippen LogP contribution in [0, 0.1) is 0 Å². The summed E-state index contributed by atoms with van der Waals surface area (Å²) in [6.07, 6.45) is 0. The summed E-state index contributed by atoms with van der Waals surface area (Å²) in [7, 11) is 0. The standard InChI is InChI=1S/C38H21NO/c1-2-11-23-22(10-1)24-16-9-17-28-32(21-20-26(23)34(24)28)39-31-18-7-5-14-29(31)36-37(39)27-13-4-3-12-25(27)35-30-15-6-8-19-33(30)40-38(35)36/h1-21H. The van der Waals surface area contributed by atoms with Gasteiger partial charge in [0.25, 0.3) is 0 Å². The molecule has 0 amide bonds. The normalized spacial score (nSPS) is 12.5. The van der Waals surface area contributed by atoms with E-state index in [9.17, 15) is 0 Å². The highest BCUT2D eigenvalue weighted by Gasteiger charge is 2.26. The summed E-state index contributed by atoms with van der Waals surface area (Å²) in [6, 6.07) is 46.1. The van der Waals surface area contributed by atoms with E-state index in [0.717, 1.165) is 16.6 Å². The van der Waals surface area contributed by atoms with Crippen LogP contribution in [0.1, 0.15) is 0 Å². The Kier molecular flexibility index (Phi) is 3.70. The summed E-state index contributed by atoms with van der Waals surface area (Å²) in [5.74, 6) is 0. The van der Waals surface area contributed by atoms with Crippen LogP contribution in [0.3, 0.4) is 0 Å². The Morgan fingerprint density at radius 1 is 0.400 bits per heavy atom. The number of hydrogen-bond donors (Lipinski definition) is 0. The van der Waals surface area contributed by atoms with Gasteiger partial charge < -0.3 is 8.98 Å². The zero-order valence-electron chi connectivity index (χ0n) is 21.5. The highest BCUT2D eigenvalue weighted by molar-refractivity contribution is 6.35. The summed E-state index contributed by atoms with van der Waals surface area (Å²) in [6.45, 7) is 0. The van der Waals surface area contributed by atoms with Crippen molar-refractivity contribution in [2.24, 2.45) is 0 Å². The second kappa shape index (κ2) is 7.19. The first-order chi connectivity index (χ1) is 19.9. The van der Waals surface area contributed by atoms with Crippen LogP contribution in [0.25, 0.3) is 93.2 Å². The van der Waals surface area contributed by atoms with Crippen molar-refractivity contribution in [1.29, 1.82) is 0 Å². The molecule has 10 rings (SSSR count). The molecular weight excluding hydrogens is 486 g/mol. The van der Waals surface area contributed by atoms with Gasteiger partial charge in [-0.25, -0.2) is 0 Å². The van der Waals surface area contributed by atoms with E-state index < -0.39 is 0 Å². The van der Waals surface area contributed by atoms with Gasteiger partial charge in [-0.1, -0.05) is 109 Å². The summed E-state index contributed by atoms with van der Waals surface area (Å²) in [5, 5.41) is 9.79. The van der Waals surface area contributed by atoms with Crippen LogP contribution in [0.5, 0.6) is 0 Å². The van der Waals surface area contributed by atoms with E-state index >= 15 is 0 Å². The van der Waals surface area contributed by atoms with Crippen molar-refractivity contribution in [3.63, 3.8) is 0 Å². The van der Waals surface area contributed by atoms with Crippen molar-refractivity contribution in [3.8, 4) is 27.9 Å². The fourth-order valence-corrected chi connectivity index (χ4v) is 7.36. The van der Waals surface area contributed by atoms with Crippen LogP contribution in [-0.4, -0.2) is 4.57 Å². The minimum Gasteiger partial charge on any atom is -0.455 e. The number of aromatic nitrogens is 1. The van der Waals surface area contributed by atoms with Crippen LogP contribution < -0.4 is 0 Å². The molecule has 0 aliphatic heterocycles. The van der Waals surface area contributed by atoms with Gasteiger partial charge in [0.2, 0.25) is 0 Å². The molecule has 2 heteroatoms. The van der Waals surface area contributed by atoms with Crippen LogP contribution in [0.4, 0.5) is 0 Å². The van der Waals surface area contributed by atoms with Crippen molar-refractivity contribution in [2.75, 3.05) is 0 Å². The topological polar surface area (TPSA) is 18.1 Å². The molecule has 0 saturated carbocycles. The van der Waals surface area contributed by atoms with Gasteiger partial charge in [-0.3, -0.25) is 0 Å². The van der Waals surface area contributed by atoms with Crippen LogP contribution in [0.15, 0.2) is 132 Å². The zero-order chi connectivity index (χ0) is 25.9. The van der Waals surface area contributed by atoms with Crippen molar-refractivity contribution >= 4 is 65.3 Å². The van der Waals surface area contributed by atoms with Crippen molar-refractivity contribution < 1.29 is 4.42 Å². The van der Waals surface area contributed by atoms with Crippen molar-refractivity contribution in [2.45, 2.75) is 0 Å². The Bertz CT molecular complexity index is 2510. The third-order valence-electron chi connectivity index (χ3n) is 8.91. The molecule has 0 fully saturated rings. The first-order valence-electron chi connectivity index (χ1n) is 13.8. The number of benzene rings is 7. The highest BCUT2D eigenvalue weighted by atomic mass is 16.3. The molecule has 0 N–H and O–H groups in total. The number of rotatable bonds is 1. The maximum absolute atomic E-state index is 6.70. The largest absolute Gasteiger partial charge is 0.455 e. The number of fused-ring (bicyclic) bond motifs is 13. The molecule has 0 saturated heterocycles. The molecule has 2 aromatic heterocycles. The van der Waals surface area contributed by atoms with Crippen molar-refractivity contribution in [3.05, 3.63) is 127 Å². The molecule has 9 aromatic rings. The Morgan fingerprint density at radius 2 is 1.02 bits per heavy atom. The molecule has 40 heavy (non-hydrogen) atoms. The van der Waals surface area contributed by atoms with Gasteiger partial charge in [0.15, 0.2) is 0 Å². The average Bonchev–Trinajstić information content (AvgIpc) is 3.67. The molecule has 7 aromatic carbocycles. The fraction of sp³-hybridized carbons (Fsp3) is 0. The van der Waals surface area contributed by atoms with Gasteiger partial charge in [0, 0.05) is 26.9 Å². The van der Waals surface area contributed by atoms with Crippen LogP contribution in [0.2, 0.25) is 0 Å². The SMILES string of the molecule is c1ccc2c(c1)-c1cccc3c(-n4c5ccccc5c5c6oc7ccccc7c6c6ccccc6c54)ccc-2c13. The van der Waals surface area contributed by atoms with E-state index in [-0.39, 0.29) is 0 Å². The lowest BCUT2D eigenvalue weighted by molar-refractivity contribution is 0.673. The minimum atomic E-state index is 0.926. The summed E-state index contributed by atoms with van der Waals surface area (Å²) >= 11 is 0. The van der Waals surface area contributed by atoms with Gasteiger partial charge in [0.05, 0.1) is 22.1 Å². The molecule has 0 unspecified atom stereocenters. The van der Waals surface area contributed by atoms with Gasteiger partial charge >= 0.3 is 0 Å². The van der Waals surface area contributed by atoms with Crippen LogP contribution >= 0.6 is 0 Å². The highest BCUT2D eigenvalue weighted by Crippen LogP contribution is 2.50. The third kappa shape index (κ3) is 2.36. The lowest BCUT2D eigenvalue weighted by atomic mass is 9.99. The van der Waals surface area contributed by atoms with Crippen LogP contribution in [-0.2, 0) is 0 Å². The molecule has 1 aliphatic rings. The molecule has 0 radical (unpaired) electrons. The van der Waals surface area contributed by atoms with E-state index in [1.165, 1.54) is 76.7 Å². The molecular formula is C38H21NO. The smallest absolute Gasteiger partial charge is 0.146 e. The van der Waals surface area contributed by atoms with E-state index in [1.54, 1.807) is 0 Å². The Labute approximate surface area is 229 Å². The van der Waals surface area contributed by atoms with Gasteiger partial charge in [-0.2, -0.15) is 0 Å². The number of para-hydroxylation sites is 2. The fourth-order valence-electron chi connectivity index (χ4n) is 7.36. The second-order valence-corrected chi connectivity index (χ2v) is 10.8. The first kappa shape index (κ1) is 20.6.